The molecule has 0 aliphatic heterocycles. The zero-order valence-corrected chi connectivity index (χ0v) is 9.65. The molecule has 0 aliphatic carbocycles. The van der Waals surface area contributed by atoms with E-state index in [2.05, 4.69) is 13.8 Å². The zero-order chi connectivity index (χ0) is 10.1. The van der Waals surface area contributed by atoms with Crippen molar-refractivity contribution in [2.75, 3.05) is 12.4 Å². The van der Waals surface area contributed by atoms with Gasteiger partial charge in [-0.25, -0.2) is 0 Å². The number of rotatable bonds is 8. The Kier molecular flexibility index (Phi) is 9.03. The molecule has 0 aromatic carbocycles. The van der Waals surface area contributed by atoms with Gasteiger partial charge in [-0.2, -0.15) is 11.8 Å². The summed E-state index contributed by atoms with van der Waals surface area (Å²) < 4.78 is 0. The third kappa shape index (κ3) is 10.2. The molecule has 0 spiro atoms. The molecule has 2 unspecified atom stereocenters. The first-order chi connectivity index (χ1) is 6.16. The van der Waals surface area contributed by atoms with Gasteiger partial charge in [0.05, 0.1) is 0 Å². The highest BCUT2D eigenvalue weighted by atomic mass is 32.2. The van der Waals surface area contributed by atoms with Crippen molar-refractivity contribution in [1.82, 2.24) is 0 Å². The molecule has 0 saturated heterocycles. The Bertz CT molecular complexity index is 109. The average molecular weight is 205 g/mol. The van der Waals surface area contributed by atoms with Gasteiger partial charge in [0.15, 0.2) is 0 Å². The Morgan fingerprint density at radius 1 is 1.23 bits per heavy atom. The lowest BCUT2D eigenvalue weighted by Crippen LogP contribution is -2.14. The summed E-state index contributed by atoms with van der Waals surface area (Å²) in [5.41, 5.74) is 5.64. The van der Waals surface area contributed by atoms with E-state index in [4.69, 9.17) is 10.8 Å². The first-order valence-corrected chi connectivity index (χ1v) is 6.19. The van der Waals surface area contributed by atoms with E-state index in [1.165, 1.54) is 18.6 Å². The summed E-state index contributed by atoms with van der Waals surface area (Å²) in [6, 6.07) is 0.347. The van der Waals surface area contributed by atoms with Crippen LogP contribution in [0.15, 0.2) is 0 Å². The molecule has 0 aromatic rings. The smallest absolute Gasteiger partial charge is 0.0441 e. The van der Waals surface area contributed by atoms with Crippen LogP contribution in [0.2, 0.25) is 0 Å². The maximum absolute atomic E-state index is 8.68. The minimum Gasteiger partial charge on any atom is -0.396 e. The summed E-state index contributed by atoms with van der Waals surface area (Å²) in [7, 11) is 0. The fourth-order valence-corrected chi connectivity index (χ4v) is 2.16. The minimum atomic E-state index is 0.313. The summed E-state index contributed by atoms with van der Waals surface area (Å²) in [4.78, 5) is 0. The van der Waals surface area contributed by atoms with E-state index in [1.807, 2.05) is 11.8 Å². The van der Waals surface area contributed by atoms with E-state index >= 15 is 0 Å². The molecule has 0 aliphatic rings. The molecular formula is C10H23NOS. The van der Waals surface area contributed by atoms with E-state index in [0.29, 0.717) is 17.9 Å². The molecular weight excluding hydrogens is 182 g/mol. The van der Waals surface area contributed by atoms with E-state index < -0.39 is 0 Å². The van der Waals surface area contributed by atoms with Crippen molar-refractivity contribution in [2.45, 2.75) is 50.8 Å². The second-order valence-corrected chi connectivity index (χ2v) is 5.21. The molecule has 0 amide bonds. The fourth-order valence-electron chi connectivity index (χ4n) is 1.12. The van der Waals surface area contributed by atoms with E-state index in [-0.39, 0.29) is 0 Å². The van der Waals surface area contributed by atoms with E-state index in [1.54, 1.807) is 0 Å². The van der Waals surface area contributed by atoms with Gasteiger partial charge in [0.1, 0.15) is 0 Å². The van der Waals surface area contributed by atoms with Gasteiger partial charge < -0.3 is 10.8 Å². The number of hydrogen-bond acceptors (Lipinski definition) is 3. The lowest BCUT2D eigenvalue weighted by Gasteiger charge is -2.09. The molecule has 0 fully saturated rings. The van der Waals surface area contributed by atoms with Crippen molar-refractivity contribution in [2.24, 2.45) is 5.73 Å². The van der Waals surface area contributed by atoms with Gasteiger partial charge >= 0.3 is 0 Å². The van der Waals surface area contributed by atoms with Crippen molar-refractivity contribution in [3.8, 4) is 0 Å². The Hall–Kier alpha value is 0.270. The summed E-state index contributed by atoms with van der Waals surface area (Å²) in [5, 5.41) is 9.28. The molecule has 2 atom stereocenters. The maximum Gasteiger partial charge on any atom is 0.0441 e. The van der Waals surface area contributed by atoms with Crippen LogP contribution >= 0.6 is 11.8 Å². The molecule has 0 aromatic heterocycles. The largest absolute Gasteiger partial charge is 0.396 e. The van der Waals surface area contributed by atoms with Crippen molar-refractivity contribution in [1.29, 1.82) is 0 Å². The van der Waals surface area contributed by atoms with Crippen LogP contribution in [0.25, 0.3) is 0 Å². The van der Waals surface area contributed by atoms with Gasteiger partial charge in [-0.05, 0) is 31.9 Å². The maximum atomic E-state index is 8.68. The van der Waals surface area contributed by atoms with Crippen LogP contribution < -0.4 is 5.73 Å². The third-order valence-corrected chi connectivity index (χ3v) is 3.32. The normalized spacial score (nSPS) is 15.7. The van der Waals surface area contributed by atoms with Gasteiger partial charge in [-0.3, -0.25) is 0 Å². The summed E-state index contributed by atoms with van der Waals surface area (Å²) >= 11 is 1.95. The Morgan fingerprint density at radius 3 is 2.46 bits per heavy atom. The molecule has 0 rings (SSSR count). The number of aliphatic hydroxyl groups excluding tert-OH is 1. The molecule has 0 saturated carbocycles. The Labute approximate surface area is 86.3 Å². The molecule has 2 nitrogen and oxygen atoms in total. The average Bonchev–Trinajstić information content (AvgIpc) is 2.03. The molecule has 0 bridgehead atoms. The van der Waals surface area contributed by atoms with Crippen LogP contribution in [0.1, 0.15) is 39.5 Å². The van der Waals surface area contributed by atoms with Crippen LogP contribution in [-0.2, 0) is 0 Å². The van der Waals surface area contributed by atoms with Gasteiger partial charge in [-0.1, -0.05) is 13.3 Å². The highest BCUT2D eigenvalue weighted by Gasteiger charge is 2.01. The summed E-state index contributed by atoms with van der Waals surface area (Å²) in [6.45, 7) is 4.54. The number of hydrogen-bond donors (Lipinski definition) is 2. The fraction of sp³-hybridized carbons (Fsp3) is 1.00. The molecule has 13 heavy (non-hydrogen) atoms. The molecule has 0 heterocycles. The third-order valence-electron chi connectivity index (χ3n) is 1.99. The van der Waals surface area contributed by atoms with E-state index in [9.17, 15) is 0 Å². The number of unbranched alkanes of at least 4 members (excludes halogenated alkanes) is 1. The standard InChI is InChI=1S/C10H23NOS/c1-9(11)5-3-4-8-13-10(2)6-7-12/h9-10,12H,3-8,11H2,1-2H3. The quantitative estimate of drug-likeness (QED) is 0.596. The molecule has 3 heteroatoms. The van der Waals surface area contributed by atoms with Crippen LogP contribution in [-0.4, -0.2) is 28.8 Å². The zero-order valence-electron chi connectivity index (χ0n) is 8.83. The summed E-state index contributed by atoms with van der Waals surface area (Å²) in [5.74, 6) is 1.20. The molecule has 0 radical (unpaired) electrons. The number of thioether (sulfide) groups is 1. The van der Waals surface area contributed by atoms with Crippen LogP contribution in [0.4, 0.5) is 0 Å². The molecule has 80 valence electrons. The van der Waals surface area contributed by atoms with Crippen molar-refractivity contribution < 1.29 is 5.11 Å². The predicted octanol–water partition coefficient (Wildman–Crippen LogP) is 2.01. The van der Waals surface area contributed by atoms with Gasteiger partial charge in [0, 0.05) is 17.9 Å². The van der Waals surface area contributed by atoms with Crippen molar-refractivity contribution in [3.05, 3.63) is 0 Å². The van der Waals surface area contributed by atoms with Crippen LogP contribution in [0, 0.1) is 0 Å². The molecule has 3 N–H and O–H groups in total. The van der Waals surface area contributed by atoms with Crippen LogP contribution in [0.5, 0.6) is 0 Å². The van der Waals surface area contributed by atoms with E-state index in [0.717, 1.165) is 12.8 Å². The van der Waals surface area contributed by atoms with Crippen molar-refractivity contribution >= 4 is 11.8 Å². The number of nitrogens with two attached hydrogens (primary N) is 1. The van der Waals surface area contributed by atoms with Gasteiger partial charge in [0.2, 0.25) is 0 Å². The summed E-state index contributed by atoms with van der Waals surface area (Å²) in [6.07, 6.45) is 4.53. The Balaban J connectivity index is 3.06. The number of aliphatic hydroxyl groups is 1. The SMILES string of the molecule is CC(N)CCCCSC(C)CCO. The predicted molar refractivity (Wildman–Crippen MR) is 61.1 cm³/mol. The van der Waals surface area contributed by atoms with Crippen LogP contribution in [0.3, 0.4) is 0 Å². The van der Waals surface area contributed by atoms with Gasteiger partial charge in [-0.15, -0.1) is 0 Å². The topological polar surface area (TPSA) is 46.2 Å². The lowest BCUT2D eigenvalue weighted by atomic mass is 10.2. The first kappa shape index (κ1) is 13.3. The highest BCUT2D eigenvalue weighted by Crippen LogP contribution is 2.15. The second kappa shape index (κ2) is 8.85. The monoisotopic (exact) mass is 205 g/mol. The second-order valence-electron chi connectivity index (χ2n) is 3.67. The first-order valence-electron chi connectivity index (χ1n) is 5.15. The lowest BCUT2D eigenvalue weighted by molar-refractivity contribution is 0.289. The van der Waals surface area contributed by atoms with Gasteiger partial charge in [0.25, 0.3) is 0 Å². The highest BCUT2D eigenvalue weighted by molar-refractivity contribution is 7.99. The Morgan fingerprint density at radius 2 is 1.92 bits per heavy atom. The minimum absolute atomic E-state index is 0.313. The van der Waals surface area contributed by atoms with Crippen molar-refractivity contribution in [3.63, 3.8) is 0 Å².